The molecule has 0 fully saturated rings. The van der Waals surface area contributed by atoms with Gasteiger partial charge >= 0.3 is 0 Å². The van der Waals surface area contributed by atoms with Gasteiger partial charge in [0.15, 0.2) is 0 Å². The first-order chi connectivity index (χ1) is 36.1. The number of hydrogen-bond acceptors (Lipinski definition) is 4. The van der Waals surface area contributed by atoms with E-state index in [2.05, 4.69) is 288 Å². The zero-order valence-electron chi connectivity index (χ0n) is 41.0. The van der Waals surface area contributed by atoms with Crippen molar-refractivity contribution in [3.63, 3.8) is 0 Å². The van der Waals surface area contributed by atoms with Crippen molar-refractivity contribution in [1.82, 2.24) is 0 Å². The van der Waals surface area contributed by atoms with Crippen LogP contribution in [0.5, 0.6) is 0 Å². The van der Waals surface area contributed by atoms with Gasteiger partial charge in [-0.05, 0) is 156 Å². The molecule has 0 bridgehead atoms. The molecule has 0 aliphatic heterocycles. The molecule has 0 saturated heterocycles. The lowest BCUT2D eigenvalue weighted by Crippen LogP contribution is -2.29. The van der Waals surface area contributed by atoms with Gasteiger partial charge in [-0.1, -0.05) is 184 Å². The van der Waals surface area contributed by atoms with Crippen molar-refractivity contribution in [2.45, 2.75) is 18.9 Å². The van der Waals surface area contributed by atoms with Gasteiger partial charge in [0.2, 0.25) is 0 Å². The number of fused-ring (bicyclic) bond motifs is 1. The number of rotatable bonds is 17. The lowest BCUT2D eigenvalue weighted by molar-refractivity contribution is 0.785. The number of allylic oxidation sites excluding steroid dienone is 13. The molecule has 73 heavy (non-hydrogen) atoms. The molecule has 10 rings (SSSR count). The van der Waals surface area contributed by atoms with Crippen molar-refractivity contribution < 1.29 is 0 Å². The Labute approximate surface area is 431 Å². The van der Waals surface area contributed by atoms with Crippen LogP contribution in [-0.2, 0) is 0 Å². The van der Waals surface area contributed by atoms with Gasteiger partial charge in [0.05, 0.1) is 11.7 Å². The fourth-order valence-electron chi connectivity index (χ4n) is 9.82. The highest BCUT2D eigenvalue weighted by Gasteiger charge is 2.22. The molecule has 2 aliphatic carbocycles. The number of benzene rings is 8. The molecular formula is C69H58N4. The third kappa shape index (κ3) is 10.4. The van der Waals surface area contributed by atoms with Crippen LogP contribution >= 0.6 is 0 Å². The second-order valence-corrected chi connectivity index (χ2v) is 17.8. The number of anilines is 9. The Kier molecular flexibility index (Phi) is 14.6. The highest BCUT2D eigenvalue weighted by molar-refractivity contribution is 5.99. The predicted molar refractivity (Wildman–Crippen MR) is 314 cm³/mol. The zero-order valence-corrected chi connectivity index (χ0v) is 41.0. The lowest BCUT2D eigenvalue weighted by atomic mass is 10.0. The van der Waals surface area contributed by atoms with Gasteiger partial charge in [-0.15, -0.1) is 0 Å². The van der Waals surface area contributed by atoms with E-state index in [9.17, 15) is 0 Å². The maximum Gasteiger partial charge on any atom is 0.0559 e. The maximum absolute atomic E-state index is 4.14. The topological polar surface area (TPSA) is 13.0 Å². The molecule has 0 N–H and O–H groups in total. The summed E-state index contributed by atoms with van der Waals surface area (Å²) in [6.07, 6.45) is 31.0. The summed E-state index contributed by atoms with van der Waals surface area (Å²) in [4.78, 5) is 9.35. The van der Waals surface area contributed by atoms with Crippen molar-refractivity contribution >= 4 is 62.0 Å². The highest BCUT2D eigenvalue weighted by Crippen LogP contribution is 2.43. The van der Waals surface area contributed by atoms with Crippen LogP contribution in [0.4, 0.5) is 51.2 Å². The Balaban J connectivity index is 1.00. The average molecular weight is 943 g/mol. The summed E-state index contributed by atoms with van der Waals surface area (Å²) in [7, 11) is 0. The summed E-state index contributed by atoms with van der Waals surface area (Å²) < 4.78 is 0. The third-order valence-corrected chi connectivity index (χ3v) is 13.3. The normalized spacial score (nSPS) is 14.7. The van der Waals surface area contributed by atoms with Crippen molar-refractivity contribution in [2.24, 2.45) is 0 Å². The molecule has 0 amide bonds. The van der Waals surface area contributed by atoms with E-state index in [1.165, 1.54) is 16.3 Å². The van der Waals surface area contributed by atoms with Gasteiger partial charge in [-0.3, -0.25) is 0 Å². The Morgan fingerprint density at radius 2 is 1.00 bits per heavy atom. The zero-order chi connectivity index (χ0) is 49.8. The fraction of sp³-hybridized carbons (Fsp3) is 0.0435. The van der Waals surface area contributed by atoms with E-state index in [4.69, 9.17) is 0 Å². The molecular weight excluding hydrogens is 885 g/mol. The minimum absolute atomic E-state index is 0.212. The molecule has 0 saturated carbocycles. The average Bonchev–Trinajstić information content (AvgIpc) is 3.46. The van der Waals surface area contributed by atoms with Gasteiger partial charge in [0.25, 0.3) is 0 Å². The standard InChI is InChI=1S/C69H58N4/c1-4-7-35-68(56-25-12-8-13-26-56)72(65-49-47-62(48-50-65)71(59-30-16-10-17-31-59)60-32-18-11-19-33-60)63-41-37-53(38-42-63)54-39-43-64(44-40-54)73(69-36-22-27-55-24-20-21-34-67(55)69)66-51-45-61(46-52-66)70(57(6-3)23-5-2)58-28-14-9-15-29-58/h4-25,27-32,34-52,60H,1-3,26,33H2/b35-7-,57-23+,68-56+. The van der Waals surface area contributed by atoms with Crippen molar-refractivity contribution in [1.29, 1.82) is 0 Å². The Morgan fingerprint density at radius 3 is 1.60 bits per heavy atom. The quantitative estimate of drug-likeness (QED) is 0.0843. The molecule has 1 atom stereocenters. The van der Waals surface area contributed by atoms with Crippen LogP contribution in [0.2, 0.25) is 0 Å². The molecule has 8 aromatic rings. The summed E-state index contributed by atoms with van der Waals surface area (Å²) in [5, 5.41) is 2.35. The minimum atomic E-state index is 0.212. The summed E-state index contributed by atoms with van der Waals surface area (Å²) in [5.74, 6) is 0. The highest BCUT2D eigenvalue weighted by atomic mass is 15.2. The van der Waals surface area contributed by atoms with Crippen LogP contribution in [0.1, 0.15) is 12.8 Å². The first-order valence-electron chi connectivity index (χ1n) is 24.9. The van der Waals surface area contributed by atoms with E-state index in [0.717, 1.165) is 86.5 Å². The monoisotopic (exact) mass is 942 g/mol. The van der Waals surface area contributed by atoms with Crippen LogP contribution in [0.25, 0.3) is 21.9 Å². The Morgan fingerprint density at radius 1 is 0.466 bits per heavy atom. The van der Waals surface area contributed by atoms with Crippen LogP contribution in [0.3, 0.4) is 0 Å². The van der Waals surface area contributed by atoms with Gasteiger partial charge in [0, 0.05) is 62.3 Å². The number of para-hydroxylation sites is 2. The van der Waals surface area contributed by atoms with Crippen molar-refractivity contribution in [3.8, 4) is 11.1 Å². The summed E-state index contributed by atoms with van der Waals surface area (Å²) >= 11 is 0. The number of hydrogen-bond donors (Lipinski definition) is 0. The molecule has 4 nitrogen and oxygen atoms in total. The number of nitrogens with zero attached hydrogens (tertiary/aromatic N) is 4. The van der Waals surface area contributed by atoms with Gasteiger partial charge in [-0.2, -0.15) is 0 Å². The van der Waals surface area contributed by atoms with Gasteiger partial charge < -0.3 is 19.6 Å². The van der Waals surface area contributed by atoms with Gasteiger partial charge in [0.1, 0.15) is 0 Å². The summed E-state index contributed by atoms with van der Waals surface area (Å²) in [6, 6.07) is 72.0. The molecule has 4 heteroatoms. The van der Waals surface area contributed by atoms with E-state index < -0.39 is 0 Å². The van der Waals surface area contributed by atoms with Crippen molar-refractivity contribution in [3.05, 3.63) is 322 Å². The summed E-state index contributed by atoms with van der Waals surface area (Å²) in [5.41, 5.74) is 15.2. The van der Waals surface area contributed by atoms with E-state index in [0.29, 0.717) is 0 Å². The molecule has 354 valence electrons. The molecule has 8 aromatic carbocycles. The smallest absolute Gasteiger partial charge is 0.0559 e. The minimum Gasteiger partial charge on any atom is -0.334 e. The van der Waals surface area contributed by atoms with Gasteiger partial charge in [-0.25, -0.2) is 0 Å². The van der Waals surface area contributed by atoms with E-state index in [1.54, 1.807) is 6.08 Å². The summed E-state index contributed by atoms with van der Waals surface area (Å²) in [6.45, 7) is 12.2. The molecule has 0 radical (unpaired) electrons. The van der Waals surface area contributed by atoms with Crippen LogP contribution in [0.15, 0.2) is 322 Å². The van der Waals surface area contributed by atoms with Crippen LogP contribution < -0.4 is 19.6 Å². The molecule has 1 unspecified atom stereocenters. The van der Waals surface area contributed by atoms with E-state index in [-0.39, 0.29) is 6.04 Å². The second-order valence-electron chi connectivity index (χ2n) is 17.8. The third-order valence-electron chi connectivity index (χ3n) is 13.3. The fourth-order valence-corrected chi connectivity index (χ4v) is 9.82. The van der Waals surface area contributed by atoms with Crippen molar-refractivity contribution in [2.75, 3.05) is 19.6 Å². The lowest BCUT2D eigenvalue weighted by Gasteiger charge is -2.33. The second kappa shape index (κ2) is 22.6. The predicted octanol–water partition coefficient (Wildman–Crippen LogP) is 19.0. The Bertz CT molecular complexity index is 3420. The van der Waals surface area contributed by atoms with E-state index in [1.807, 2.05) is 30.4 Å². The first kappa shape index (κ1) is 47.3. The largest absolute Gasteiger partial charge is 0.334 e. The Hall–Kier alpha value is -9.38. The molecule has 0 heterocycles. The molecule has 0 spiro atoms. The molecule has 0 aromatic heterocycles. The van der Waals surface area contributed by atoms with E-state index >= 15 is 0 Å². The van der Waals surface area contributed by atoms with Crippen LogP contribution in [-0.4, -0.2) is 6.04 Å². The molecule has 2 aliphatic rings. The first-order valence-corrected chi connectivity index (χ1v) is 24.9. The van der Waals surface area contributed by atoms with Crippen LogP contribution in [0, 0.1) is 0 Å². The SMILES string of the molecule is C=C/C=C\C(=C1\C=CC=CC1)N(c1ccc(-c2ccc(N(c3ccc(N(/C(C=C)=C/C=C)c4ccccc4)cc3)c3cccc4ccccc34)cc2)cc1)c1ccc(N(c2ccccc2)C2C=CC=CC2)cc1. The maximum atomic E-state index is 4.14.